The van der Waals surface area contributed by atoms with E-state index in [0.29, 0.717) is 27.9 Å². The van der Waals surface area contributed by atoms with Gasteiger partial charge in [0.2, 0.25) is 11.6 Å². The monoisotopic (exact) mass is 485 g/mol. The number of anilines is 1. The summed E-state index contributed by atoms with van der Waals surface area (Å²) in [6, 6.07) is 5.20. The minimum atomic E-state index is -0.591. The van der Waals surface area contributed by atoms with E-state index in [4.69, 9.17) is 15.2 Å². The minimum Gasteiger partial charge on any atom is -0.493 e. The maximum atomic E-state index is 12.9. The fourth-order valence-electron chi connectivity index (χ4n) is 2.80. The molecule has 4 aromatic rings. The van der Waals surface area contributed by atoms with Crippen LogP contribution < -0.4 is 20.6 Å². The van der Waals surface area contributed by atoms with Gasteiger partial charge in [0.05, 0.1) is 26.1 Å². The van der Waals surface area contributed by atoms with Gasteiger partial charge in [0.15, 0.2) is 22.3 Å². The second-order valence-corrected chi connectivity index (χ2v) is 7.54. The molecule has 3 heterocycles. The Morgan fingerprint density at radius 1 is 1.26 bits per heavy atom. The van der Waals surface area contributed by atoms with E-state index in [1.807, 2.05) is 0 Å². The quantitative estimate of drug-likeness (QED) is 0.189. The first-order chi connectivity index (χ1) is 16.5. The van der Waals surface area contributed by atoms with Crippen LogP contribution in [-0.4, -0.2) is 66.4 Å². The van der Waals surface area contributed by atoms with Gasteiger partial charge in [0.1, 0.15) is 6.33 Å². The molecule has 4 rings (SSSR count). The number of nitrogen functional groups attached to an aromatic ring is 1. The molecule has 0 atom stereocenters. The summed E-state index contributed by atoms with van der Waals surface area (Å²) >= 11 is 1.31. The third-order valence-corrected chi connectivity index (χ3v) is 5.52. The summed E-state index contributed by atoms with van der Waals surface area (Å²) in [5, 5.41) is 27.7. The number of nitrogens with zero attached hydrogens (tertiary/aromatic N) is 9. The topological polar surface area (TPSA) is 186 Å². The standard InChI is InChI=1S/C18H19N11O4S/c1-28-9-21-24-18(28)34-8-11-14(22-27-29(11)16-15(19)25-33-26-16)17(30)23-20-7-10-4-5-12(31-2)13(6-10)32-3/h4-7,9H,8H2,1-3H3,(H2,19,25)(H,23,30)/b20-7-. The van der Waals surface area contributed by atoms with Crippen molar-refractivity contribution in [1.29, 1.82) is 0 Å². The molecule has 0 bridgehead atoms. The van der Waals surface area contributed by atoms with Gasteiger partial charge < -0.3 is 19.8 Å². The first-order valence-electron chi connectivity index (χ1n) is 9.57. The number of carbonyl (C=O) groups is 1. The molecule has 0 spiro atoms. The van der Waals surface area contributed by atoms with Crippen LogP contribution >= 0.6 is 11.8 Å². The van der Waals surface area contributed by atoms with Crippen molar-refractivity contribution in [2.45, 2.75) is 10.9 Å². The number of ether oxygens (including phenoxy) is 2. The number of aromatic nitrogens is 8. The SMILES string of the molecule is COc1ccc(/C=N\NC(=O)c2nnn(-c3nonc3N)c2CSc2nncn2C)cc1OC. The van der Waals surface area contributed by atoms with Gasteiger partial charge in [-0.05, 0) is 34.1 Å². The second-order valence-electron chi connectivity index (χ2n) is 6.60. The van der Waals surface area contributed by atoms with E-state index >= 15 is 0 Å². The number of nitrogens with one attached hydrogen (secondary N) is 1. The normalized spacial score (nSPS) is 11.1. The lowest BCUT2D eigenvalue weighted by Gasteiger charge is -2.07. The molecule has 0 radical (unpaired) electrons. The number of hydrogen-bond acceptors (Lipinski definition) is 13. The summed E-state index contributed by atoms with van der Waals surface area (Å²) in [5.74, 6) is 0.858. The van der Waals surface area contributed by atoms with Gasteiger partial charge in [-0.1, -0.05) is 17.0 Å². The molecular weight excluding hydrogens is 466 g/mol. The van der Waals surface area contributed by atoms with Crippen LogP contribution in [0.5, 0.6) is 11.5 Å². The summed E-state index contributed by atoms with van der Waals surface area (Å²) in [7, 11) is 4.87. The minimum absolute atomic E-state index is 0.00626. The van der Waals surface area contributed by atoms with Crippen molar-refractivity contribution < 1.29 is 18.9 Å². The Kier molecular flexibility index (Phi) is 6.67. The number of hydrogen-bond donors (Lipinski definition) is 2. The number of thioether (sulfide) groups is 1. The van der Waals surface area contributed by atoms with Gasteiger partial charge in [-0.2, -0.15) is 9.78 Å². The molecule has 0 fully saturated rings. The molecule has 34 heavy (non-hydrogen) atoms. The Morgan fingerprint density at radius 3 is 2.76 bits per heavy atom. The van der Waals surface area contributed by atoms with Gasteiger partial charge >= 0.3 is 0 Å². The number of methoxy groups -OCH3 is 2. The van der Waals surface area contributed by atoms with Crippen LogP contribution in [0, 0.1) is 0 Å². The Morgan fingerprint density at radius 2 is 2.09 bits per heavy atom. The maximum Gasteiger partial charge on any atom is 0.293 e. The smallest absolute Gasteiger partial charge is 0.293 e. The molecule has 0 saturated carbocycles. The Labute approximate surface area is 196 Å². The summed E-state index contributed by atoms with van der Waals surface area (Å²) in [6.45, 7) is 0. The van der Waals surface area contributed by atoms with E-state index in [-0.39, 0.29) is 23.1 Å². The first kappa shape index (κ1) is 22.7. The summed E-state index contributed by atoms with van der Waals surface area (Å²) in [5.41, 5.74) is 9.32. The zero-order valence-electron chi connectivity index (χ0n) is 18.2. The van der Waals surface area contributed by atoms with Crippen LogP contribution in [0.2, 0.25) is 0 Å². The van der Waals surface area contributed by atoms with Gasteiger partial charge in [0, 0.05) is 12.8 Å². The van der Waals surface area contributed by atoms with Crippen LogP contribution in [0.4, 0.5) is 5.82 Å². The van der Waals surface area contributed by atoms with Gasteiger partial charge in [-0.15, -0.1) is 15.3 Å². The number of nitrogens with two attached hydrogens (primary N) is 1. The van der Waals surface area contributed by atoms with E-state index in [2.05, 4.69) is 46.0 Å². The molecule has 1 aromatic carbocycles. The molecule has 0 aliphatic rings. The molecule has 15 nitrogen and oxygen atoms in total. The largest absolute Gasteiger partial charge is 0.493 e. The van der Waals surface area contributed by atoms with Gasteiger partial charge in [-0.25, -0.2) is 10.1 Å². The molecule has 1 amide bonds. The molecule has 0 unspecified atom stereocenters. The molecule has 0 aliphatic heterocycles. The highest BCUT2D eigenvalue weighted by molar-refractivity contribution is 7.98. The zero-order valence-corrected chi connectivity index (χ0v) is 19.1. The van der Waals surface area contributed by atoms with Crippen molar-refractivity contribution in [2.75, 3.05) is 20.0 Å². The molecule has 176 valence electrons. The van der Waals surface area contributed by atoms with Crippen LogP contribution in [0.15, 0.2) is 39.4 Å². The van der Waals surface area contributed by atoms with Crippen molar-refractivity contribution in [1.82, 2.24) is 45.5 Å². The second kappa shape index (κ2) is 9.99. The molecule has 0 saturated heterocycles. The average molecular weight is 485 g/mol. The van der Waals surface area contributed by atoms with E-state index in [9.17, 15) is 4.79 Å². The highest BCUT2D eigenvalue weighted by atomic mass is 32.2. The van der Waals surface area contributed by atoms with Crippen molar-refractivity contribution in [2.24, 2.45) is 12.1 Å². The molecular formula is C18H19N11O4S. The molecule has 16 heteroatoms. The summed E-state index contributed by atoms with van der Waals surface area (Å²) < 4.78 is 18.1. The third kappa shape index (κ3) is 4.65. The van der Waals surface area contributed by atoms with E-state index in [0.717, 1.165) is 0 Å². The first-order valence-corrected chi connectivity index (χ1v) is 10.6. The Hall–Kier alpha value is -4.47. The highest BCUT2D eigenvalue weighted by Crippen LogP contribution is 2.27. The van der Waals surface area contributed by atoms with Crippen LogP contribution in [0.3, 0.4) is 0 Å². The van der Waals surface area contributed by atoms with Crippen molar-refractivity contribution in [3.8, 4) is 17.3 Å². The molecule has 3 aromatic heterocycles. The van der Waals surface area contributed by atoms with Crippen molar-refractivity contribution >= 4 is 29.7 Å². The van der Waals surface area contributed by atoms with E-state index in [1.54, 1.807) is 43.3 Å². The van der Waals surface area contributed by atoms with Crippen molar-refractivity contribution in [3.63, 3.8) is 0 Å². The van der Waals surface area contributed by atoms with Crippen LogP contribution in [0.1, 0.15) is 21.7 Å². The summed E-state index contributed by atoms with van der Waals surface area (Å²) in [4.78, 5) is 12.9. The van der Waals surface area contributed by atoms with Crippen LogP contribution in [-0.2, 0) is 12.8 Å². The Balaban J connectivity index is 1.56. The maximum absolute atomic E-state index is 12.9. The highest BCUT2D eigenvalue weighted by Gasteiger charge is 2.24. The fourth-order valence-corrected chi connectivity index (χ4v) is 3.68. The zero-order chi connectivity index (χ0) is 24.1. The Bertz CT molecular complexity index is 1330. The van der Waals surface area contributed by atoms with Gasteiger partial charge in [-0.3, -0.25) is 4.79 Å². The lowest BCUT2D eigenvalue weighted by molar-refractivity contribution is 0.0949. The van der Waals surface area contributed by atoms with E-state index < -0.39 is 5.91 Å². The van der Waals surface area contributed by atoms with Crippen molar-refractivity contribution in [3.05, 3.63) is 41.5 Å². The number of benzene rings is 1. The fraction of sp³-hybridized carbons (Fsp3) is 0.222. The lowest BCUT2D eigenvalue weighted by atomic mass is 10.2. The lowest BCUT2D eigenvalue weighted by Crippen LogP contribution is -2.20. The molecule has 3 N–H and O–H groups in total. The van der Waals surface area contributed by atoms with Gasteiger partial charge in [0.25, 0.3) is 5.91 Å². The van der Waals surface area contributed by atoms with E-state index in [1.165, 1.54) is 29.8 Å². The average Bonchev–Trinajstić information content (AvgIpc) is 3.56. The molecule has 0 aliphatic carbocycles. The summed E-state index contributed by atoms with van der Waals surface area (Å²) in [6.07, 6.45) is 3.02. The number of hydrazone groups is 1. The predicted molar refractivity (Wildman–Crippen MR) is 119 cm³/mol. The van der Waals surface area contributed by atoms with Crippen LogP contribution in [0.25, 0.3) is 5.82 Å². The third-order valence-electron chi connectivity index (χ3n) is 4.47. The predicted octanol–water partition coefficient (Wildman–Crippen LogP) is 0.434. The number of aryl methyl sites for hydroxylation is 1. The number of amides is 1. The number of carbonyl (C=O) groups excluding carboxylic acids is 1. The number of rotatable bonds is 9.